The van der Waals surface area contributed by atoms with E-state index in [9.17, 15) is 4.79 Å². The summed E-state index contributed by atoms with van der Waals surface area (Å²) in [6.07, 6.45) is 0. The van der Waals surface area contributed by atoms with Crippen molar-refractivity contribution in [2.45, 2.75) is 6.92 Å². The van der Waals surface area contributed by atoms with Crippen molar-refractivity contribution in [1.82, 2.24) is 4.98 Å². The summed E-state index contributed by atoms with van der Waals surface area (Å²) < 4.78 is 5.32. The highest BCUT2D eigenvalue weighted by Crippen LogP contribution is 2.21. The van der Waals surface area contributed by atoms with Crippen molar-refractivity contribution in [2.24, 2.45) is 5.73 Å². The molecule has 0 fully saturated rings. The Labute approximate surface area is 86.5 Å². The average molecular weight is 205 g/mol. The molecule has 0 saturated heterocycles. The van der Waals surface area contributed by atoms with Crippen molar-refractivity contribution in [3.05, 3.63) is 24.1 Å². The molecule has 0 spiro atoms. The largest absolute Gasteiger partial charge is 0.441 e. The maximum absolute atomic E-state index is 10.9. The molecule has 1 aromatic carbocycles. The van der Waals surface area contributed by atoms with Gasteiger partial charge in [-0.25, -0.2) is 9.78 Å². The Morgan fingerprint density at radius 2 is 2.27 bits per heavy atom. The summed E-state index contributed by atoms with van der Waals surface area (Å²) in [7, 11) is 1.61. The van der Waals surface area contributed by atoms with E-state index in [1.54, 1.807) is 32.2 Å². The van der Waals surface area contributed by atoms with Gasteiger partial charge in [-0.1, -0.05) is 0 Å². The number of benzene rings is 1. The van der Waals surface area contributed by atoms with Crippen LogP contribution in [0.25, 0.3) is 11.1 Å². The summed E-state index contributed by atoms with van der Waals surface area (Å²) in [6, 6.07) is 4.79. The number of oxazole rings is 1. The maximum atomic E-state index is 10.9. The molecule has 78 valence electrons. The molecule has 0 aliphatic heterocycles. The highest BCUT2D eigenvalue weighted by molar-refractivity contribution is 5.92. The Balaban J connectivity index is 2.50. The molecule has 0 saturated carbocycles. The molecule has 2 aromatic rings. The van der Waals surface area contributed by atoms with Gasteiger partial charge >= 0.3 is 6.03 Å². The summed E-state index contributed by atoms with van der Waals surface area (Å²) in [4.78, 5) is 16.5. The topological polar surface area (TPSA) is 72.4 Å². The van der Waals surface area contributed by atoms with Crippen LogP contribution in [0.4, 0.5) is 10.5 Å². The average Bonchev–Trinajstić information content (AvgIpc) is 2.55. The smallest absolute Gasteiger partial charge is 0.318 e. The second-order valence-electron chi connectivity index (χ2n) is 3.28. The van der Waals surface area contributed by atoms with Crippen LogP contribution in [0.2, 0.25) is 0 Å². The molecule has 0 aliphatic carbocycles. The number of nitrogens with zero attached hydrogens (tertiary/aromatic N) is 2. The third kappa shape index (κ3) is 1.63. The molecule has 5 heteroatoms. The summed E-state index contributed by atoms with van der Waals surface area (Å²) >= 11 is 0. The summed E-state index contributed by atoms with van der Waals surface area (Å²) in [5.74, 6) is 0.601. The number of anilines is 1. The standard InChI is InChI=1S/C10H11N3O2/c1-6-12-8-5-7(13(2)10(11)14)3-4-9(8)15-6/h3-5H,1-2H3,(H2,11,14). The van der Waals surface area contributed by atoms with Crippen molar-refractivity contribution in [2.75, 3.05) is 11.9 Å². The van der Waals surface area contributed by atoms with Gasteiger partial charge in [0.25, 0.3) is 0 Å². The van der Waals surface area contributed by atoms with Crippen LogP contribution in [0, 0.1) is 6.92 Å². The minimum Gasteiger partial charge on any atom is -0.441 e. The highest BCUT2D eigenvalue weighted by atomic mass is 16.3. The van der Waals surface area contributed by atoms with Gasteiger partial charge in [0, 0.05) is 19.7 Å². The van der Waals surface area contributed by atoms with E-state index in [0.717, 1.165) is 5.52 Å². The molecule has 0 aliphatic rings. The predicted octanol–water partition coefficient (Wildman–Crippen LogP) is 1.65. The lowest BCUT2D eigenvalue weighted by Crippen LogP contribution is -2.31. The molecule has 0 atom stereocenters. The Kier molecular flexibility index (Phi) is 2.07. The molecular weight excluding hydrogens is 194 g/mol. The number of hydrogen-bond acceptors (Lipinski definition) is 3. The predicted molar refractivity (Wildman–Crippen MR) is 56.7 cm³/mol. The zero-order valence-electron chi connectivity index (χ0n) is 8.52. The number of rotatable bonds is 1. The van der Waals surface area contributed by atoms with Crippen molar-refractivity contribution in [3.8, 4) is 0 Å². The normalized spacial score (nSPS) is 10.5. The van der Waals surface area contributed by atoms with Crippen molar-refractivity contribution in [3.63, 3.8) is 0 Å². The molecule has 0 bridgehead atoms. The van der Waals surface area contributed by atoms with Crippen molar-refractivity contribution < 1.29 is 9.21 Å². The first kappa shape index (κ1) is 9.51. The monoisotopic (exact) mass is 205 g/mol. The van der Waals surface area contributed by atoms with Crippen LogP contribution in [0.5, 0.6) is 0 Å². The molecule has 2 amide bonds. The second-order valence-corrected chi connectivity index (χ2v) is 3.28. The van der Waals surface area contributed by atoms with Crippen LogP contribution < -0.4 is 10.6 Å². The third-order valence-electron chi connectivity index (χ3n) is 2.20. The van der Waals surface area contributed by atoms with Crippen LogP contribution >= 0.6 is 0 Å². The number of fused-ring (bicyclic) bond motifs is 1. The van der Waals surface area contributed by atoms with Crippen molar-refractivity contribution in [1.29, 1.82) is 0 Å². The van der Waals surface area contributed by atoms with Crippen LogP contribution in [0.1, 0.15) is 5.89 Å². The van der Waals surface area contributed by atoms with Crippen LogP contribution in [0.3, 0.4) is 0 Å². The van der Waals surface area contributed by atoms with Gasteiger partial charge in [0.1, 0.15) is 5.52 Å². The van der Waals surface area contributed by atoms with Gasteiger partial charge in [-0.3, -0.25) is 4.90 Å². The Hall–Kier alpha value is -2.04. The number of primary amides is 1. The molecular formula is C10H11N3O2. The molecule has 5 nitrogen and oxygen atoms in total. The Morgan fingerprint density at radius 3 is 2.93 bits per heavy atom. The third-order valence-corrected chi connectivity index (χ3v) is 2.20. The van der Waals surface area contributed by atoms with Gasteiger partial charge in [-0.05, 0) is 18.2 Å². The number of amides is 2. The lowest BCUT2D eigenvalue weighted by atomic mass is 10.3. The molecule has 0 unspecified atom stereocenters. The van der Waals surface area contributed by atoms with E-state index in [-0.39, 0.29) is 0 Å². The zero-order valence-corrected chi connectivity index (χ0v) is 8.52. The fourth-order valence-corrected chi connectivity index (χ4v) is 1.37. The van der Waals surface area contributed by atoms with Crippen molar-refractivity contribution >= 4 is 22.8 Å². The number of aryl methyl sites for hydroxylation is 1. The lowest BCUT2D eigenvalue weighted by Gasteiger charge is -2.13. The SMILES string of the molecule is Cc1nc2cc(N(C)C(N)=O)ccc2o1. The number of urea groups is 1. The van der Waals surface area contributed by atoms with E-state index >= 15 is 0 Å². The minimum absolute atomic E-state index is 0.505. The van der Waals surface area contributed by atoms with E-state index < -0.39 is 6.03 Å². The summed E-state index contributed by atoms with van der Waals surface area (Å²) in [5.41, 5.74) is 7.28. The molecule has 2 rings (SSSR count). The van der Waals surface area contributed by atoms with E-state index in [1.807, 2.05) is 0 Å². The number of hydrogen-bond donors (Lipinski definition) is 1. The van der Waals surface area contributed by atoms with E-state index in [2.05, 4.69) is 4.98 Å². The van der Waals surface area contributed by atoms with E-state index in [1.165, 1.54) is 4.90 Å². The van der Waals surface area contributed by atoms with Gasteiger partial charge in [-0.15, -0.1) is 0 Å². The Morgan fingerprint density at radius 1 is 1.53 bits per heavy atom. The van der Waals surface area contributed by atoms with Gasteiger partial charge in [0.15, 0.2) is 11.5 Å². The first-order valence-corrected chi connectivity index (χ1v) is 4.48. The van der Waals surface area contributed by atoms with Crippen LogP contribution in [-0.4, -0.2) is 18.1 Å². The first-order valence-electron chi connectivity index (χ1n) is 4.48. The fourth-order valence-electron chi connectivity index (χ4n) is 1.37. The summed E-state index contributed by atoms with van der Waals surface area (Å²) in [6.45, 7) is 1.78. The number of nitrogens with two attached hydrogens (primary N) is 1. The minimum atomic E-state index is -0.505. The van der Waals surface area contributed by atoms with E-state index in [4.69, 9.17) is 10.2 Å². The highest BCUT2D eigenvalue weighted by Gasteiger charge is 2.09. The quantitative estimate of drug-likeness (QED) is 0.769. The van der Waals surface area contributed by atoms with Crippen LogP contribution in [0.15, 0.2) is 22.6 Å². The van der Waals surface area contributed by atoms with Gasteiger partial charge in [0.2, 0.25) is 0 Å². The summed E-state index contributed by atoms with van der Waals surface area (Å²) in [5, 5.41) is 0. The second kappa shape index (κ2) is 3.27. The molecule has 2 N–H and O–H groups in total. The van der Waals surface area contributed by atoms with Crippen LogP contribution in [-0.2, 0) is 0 Å². The fraction of sp³-hybridized carbons (Fsp3) is 0.200. The molecule has 1 heterocycles. The number of aromatic nitrogens is 1. The van der Waals surface area contributed by atoms with E-state index in [0.29, 0.717) is 17.2 Å². The lowest BCUT2D eigenvalue weighted by molar-refractivity contribution is 0.255. The van der Waals surface area contributed by atoms with Gasteiger partial charge < -0.3 is 10.2 Å². The molecule has 0 radical (unpaired) electrons. The van der Waals surface area contributed by atoms with Gasteiger partial charge in [0.05, 0.1) is 0 Å². The number of carbonyl (C=O) groups is 1. The number of carbonyl (C=O) groups excluding carboxylic acids is 1. The van der Waals surface area contributed by atoms with Gasteiger partial charge in [-0.2, -0.15) is 0 Å². The Bertz CT molecular complexity index is 518. The first-order chi connectivity index (χ1) is 7.08. The molecule has 15 heavy (non-hydrogen) atoms. The molecule has 1 aromatic heterocycles. The zero-order chi connectivity index (χ0) is 11.0. The maximum Gasteiger partial charge on any atom is 0.318 e.